The highest BCUT2D eigenvalue weighted by Gasteiger charge is 2.17. The topological polar surface area (TPSA) is 55.2 Å². The van der Waals surface area contributed by atoms with Crippen molar-refractivity contribution in [1.29, 1.82) is 0 Å². The number of aliphatic hydroxyl groups is 1. The van der Waals surface area contributed by atoms with Crippen molar-refractivity contribution in [3.8, 4) is 6.01 Å². The zero-order valence-electron chi connectivity index (χ0n) is 8.36. The molecule has 78 valence electrons. The average Bonchev–Trinajstić information content (AvgIpc) is 2.17. The second-order valence-electron chi connectivity index (χ2n) is 3.12. The summed E-state index contributed by atoms with van der Waals surface area (Å²) in [5, 5.41) is 9.85. The quantitative estimate of drug-likeness (QED) is 0.835. The van der Waals surface area contributed by atoms with Crippen LogP contribution in [-0.4, -0.2) is 28.3 Å². The highest BCUT2D eigenvalue weighted by Crippen LogP contribution is 2.25. The van der Waals surface area contributed by atoms with E-state index in [-0.39, 0.29) is 11.9 Å². The van der Waals surface area contributed by atoms with E-state index in [1.54, 1.807) is 6.92 Å². The molecule has 0 saturated carbocycles. The molecule has 1 aromatic rings. The van der Waals surface area contributed by atoms with Gasteiger partial charge in [0.25, 0.3) is 0 Å². The molecule has 1 heterocycles. The van der Waals surface area contributed by atoms with Gasteiger partial charge in [-0.1, -0.05) is 18.5 Å². The summed E-state index contributed by atoms with van der Waals surface area (Å²) >= 11 is 5.90. The van der Waals surface area contributed by atoms with Crippen LogP contribution in [0.15, 0.2) is 6.20 Å². The summed E-state index contributed by atoms with van der Waals surface area (Å²) in [4.78, 5) is 7.94. The summed E-state index contributed by atoms with van der Waals surface area (Å²) in [6, 6.07) is 0.261. The Bertz CT molecular complexity index is 318. The molecule has 0 amide bonds. The largest absolute Gasteiger partial charge is 0.467 e. The first-order chi connectivity index (χ1) is 6.56. The van der Waals surface area contributed by atoms with E-state index in [2.05, 4.69) is 9.97 Å². The van der Waals surface area contributed by atoms with Gasteiger partial charge < -0.3 is 9.84 Å². The summed E-state index contributed by atoms with van der Waals surface area (Å²) in [7, 11) is 1.49. The van der Waals surface area contributed by atoms with Crippen LogP contribution in [0.5, 0.6) is 6.01 Å². The van der Waals surface area contributed by atoms with Crippen LogP contribution in [0, 0.1) is 0 Å². The van der Waals surface area contributed by atoms with Crippen LogP contribution in [0.4, 0.5) is 0 Å². The molecule has 1 N–H and O–H groups in total. The van der Waals surface area contributed by atoms with Crippen molar-refractivity contribution in [3.05, 3.63) is 16.9 Å². The molecule has 2 unspecified atom stereocenters. The van der Waals surface area contributed by atoms with Crippen LogP contribution in [0.3, 0.4) is 0 Å². The lowest BCUT2D eigenvalue weighted by atomic mass is 10.0. The van der Waals surface area contributed by atoms with Gasteiger partial charge in [0.05, 0.1) is 30.1 Å². The third-order valence-electron chi connectivity index (χ3n) is 2.09. The number of methoxy groups -OCH3 is 1. The SMILES string of the molecule is COc1ncc(Cl)c(C(C)C(C)O)n1. The lowest BCUT2D eigenvalue weighted by molar-refractivity contribution is 0.167. The summed E-state index contributed by atoms with van der Waals surface area (Å²) in [5.41, 5.74) is 0.605. The van der Waals surface area contributed by atoms with E-state index in [0.717, 1.165) is 0 Å². The number of ether oxygens (including phenoxy) is 1. The van der Waals surface area contributed by atoms with Crippen LogP contribution in [-0.2, 0) is 0 Å². The zero-order chi connectivity index (χ0) is 10.7. The minimum absolute atomic E-state index is 0.139. The highest BCUT2D eigenvalue weighted by atomic mass is 35.5. The molecule has 2 atom stereocenters. The number of rotatable bonds is 3. The molecule has 0 aliphatic rings. The Morgan fingerprint density at radius 1 is 1.50 bits per heavy atom. The first-order valence-corrected chi connectivity index (χ1v) is 4.68. The van der Waals surface area contributed by atoms with Crippen molar-refractivity contribution in [2.45, 2.75) is 25.9 Å². The van der Waals surface area contributed by atoms with Crippen molar-refractivity contribution in [2.24, 2.45) is 0 Å². The van der Waals surface area contributed by atoms with Crippen molar-refractivity contribution in [2.75, 3.05) is 7.11 Å². The lowest BCUT2D eigenvalue weighted by Crippen LogP contribution is -2.13. The number of nitrogens with zero attached hydrogens (tertiary/aromatic N) is 2. The fourth-order valence-electron chi connectivity index (χ4n) is 1.01. The van der Waals surface area contributed by atoms with Gasteiger partial charge in [0.1, 0.15) is 0 Å². The molecule has 0 saturated heterocycles. The maximum Gasteiger partial charge on any atom is 0.316 e. The Hall–Kier alpha value is -0.870. The van der Waals surface area contributed by atoms with E-state index < -0.39 is 6.10 Å². The molecule has 0 aliphatic heterocycles. The van der Waals surface area contributed by atoms with Crippen molar-refractivity contribution in [3.63, 3.8) is 0 Å². The molecule has 0 fully saturated rings. The Morgan fingerprint density at radius 2 is 2.14 bits per heavy atom. The minimum Gasteiger partial charge on any atom is -0.467 e. The van der Waals surface area contributed by atoms with E-state index in [4.69, 9.17) is 16.3 Å². The molecule has 4 nitrogen and oxygen atoms in total. The van der Waals surface area contributed by atoms with Gasteiger partial charge in [-0.05, 0) is 6.92 Å². The normalized spacial score (nSPS) is 14.9. The van der Waals surface area contributed by atoms with Crippen molar-refractivity contribution >= 4 is 11.6 Å². The third-order valence-corrected chi connectivity index (χ3v) is 2.38. The number of aromatic nitrogens is 2. The van der Waals surface area contributed by atoms with Crippen LogP contribution in [0.25, 0.3) is 0 Å². The van der Waals surface area contributed by atoms with Gasteiger partial charge in [-0.3, -0.25) is 0 Å². The molecular formula is C9H13ClN2O2. The van der Waals surface area contributed by atoms with Crippen molar-refractivity contribution < 1.29 is 9.84 Å². The fraction of sp³-hybridized carbons (Fsp3) is 0.556. The molecule has 0 radical (unpaired) electrons. The summed E-state index contributed by atoms with van der Waals surface area (Å²) in [5.74, 6) is -0.139. The van der Waals surface area contributed by atoms with E-state index in [0.29, 0.717) is 10.7 Å². The molecule has 5 heteroatoms. The van der Waals surface area contributed by atoms with Gasteiger partial charge in [-0.25, -0.2) is 4.98 Å². The lowest BCUT2D eigenvalue weighted by Gasteiger charge is -2.15. The first kappa shape index (κ1) is 11.2. The number of hydrogen-bond acceptors (Lipinski definition) is 4. The van der Waals surface area contributed by atoms with Gasteiger partial charge in [0, 0.05) is 5.92 Å². The van der Waals surface area contributed by atoms with Crippen molar-refractivity contribution in [1.82, 2.24) is 9.97 Å². The van der Waals surface area contributed by atoms with Gasteiger partial charge in [0.15, 0.2) is 0 Å². The average molecular weight is 217 g/mol. The van der Waals surface area contributed by atoms with Gasteiger partial charge in [0.2, 0.25) is 0 Å². The maximum atomic E-state index is 9.40. The third kappa shape index (κ3) is 2.33. The number of hydrogen-bond donors (Lipinski definition) is 1. The highest BCUT2D eigenvalue weighted by molar-refractivity contribution is 6.31. The molecule has 0 spiro atoms. The Balaban J connectivity index is 3.05. The maximum absolute atomic E-state index is 9.40. The number of aliphatic hydroxyl groups excluding tert-OH is 1. The molecule has 1 aromatic heterocycles. The van der Waals surface area contributed by atoms with E-state index in [9.17, 15) is 5.11 Å². The zero-order valence-corrected chi connectivity index (χ0v) is 9.12. The summed E-state index contributed by atoms with van der Waals surface area (Å²) in [6.45, 7) is 3.54. The predicted octanol–water partition coefficient (Wildman–Crippen LogP) is 1.62. The molecule has 0 bridgehead atoms. The van der Waals surface area contributed by atoms with Crippen LogP contribution in [0.1, 0.15) is 25.5 Å². The molecule has 0 aliphatic carbocycles. The van der Waals surface area contributed by atoms with Crippen LogP contribution in [0.2, 0.25) is 5.02 Å². The van der Waals surface area contributed by atoms with Gasteiger partial charge >= 0.3 is 6.01 Å². The van der Waals surface area contributed by atoms with Crippen LogP contribution >= 0.6 is 11.6 Å². The summed E-state index contributed by atoms with van der Waals surface area (Å²) < 4.78 is 4.88. The molecule has 0 aromatic carbocycles. The van der Waals surface area contributed by atoms with Crippen LogP contribution < -0.4 is 4.74 Å². The Kier molecular flexibility index (Phi) is 3.66. The van der Waals surface area contributed by atoms with Gasteiger partial charge in [-0.2, -0.15) is 4.98 Å². The molecular weight excluding hydrogens is 204 g/mol. The molecule has 14 heavy (non-hydrogen) atoms. The van der Waals surface area contributed by atoms with E-state index in [1.165, 1.54) is 13.3 Å². The van der Waals surface area contributed by atoms with E-state index in [1.807, 2.05) is 6.92 Å². The first-order valence-electron chi connectivity index (χ1n) is 4.30. The minimum atomic E-state index is -0.507. The monoisotopic (exact) mass is 216 g/mol. The van der Waals surface area contributed by atoms with E-state index >= 15 is 0 Å². The Morgan fingerprint density at radius 3 is 2.64 bits per heavy atom. The summed E-state index contributed by atoms with van der Waals surface area (Å²) in [6.07, 6.45) is 0.967. The fourth-order valence-corrected chi connectivity index (χ4v) is 1.27. The van der Waals surface area contributed by atoms with Gasteiger partial charge in [-0.15, -0.1) is 0 Å². The smallest absolute Gasteiger partial charge is 0.316 e. The second-order valence-corrected chi connectivity index (χ2v) is 3.53. The standard InChI is InChI=1S/C9H13ClN2O2/c1-5(6(2)13)8-7(10)4-11-9(12-8)14-3/h4-6,13H,1-3H3. The molecule has 1 rings (SSSR count). The predicted molar refractivity (Wildman–Crippen MR) is 53.7 cm³/mol. The second kappa shape index (κ2) is 4.57. The Labute approximate surface area is 87.9 Å². The number of halogens is 1.